The summed E-state index contributed by atoms with van der Waals surface area (Å²) in [5.74, 6) is 0.921. The summed E-state index contributed by atoms with van der Waals surface area (Å²) < 4.78 is 6.55. The Labute approximate surface area is 140 Å². The molecule has 23 heavy (non-hydrogen) atoms. The number of fused-ring (bicyclic) bond motifs is 1. The minimum atomic E-state index is 0.493. The third kappa shape index (κ3) is 2.96. The summed E-state index contributed by atoms with van der Waals surface area (Å²) in [7, 11) is 1.71. The van der Waals surface area contributed by atoms with E-state index >= 15 is 0 Å². The number of hydrogen-bond acceptors (Lipinski definition) is 4. The predicted molar refractivity (Wildman–Crippen MR) is 95.0 cm³/mol. The minimum absolute atomic E-state index is 0.493. The number of benzene rings is 2. The van der Waals surface area contributed by atoms with Crippen molar-refractivity contribution in [1.82, 2.24) is 9.88 Å². The van der Waals surface area contributed by atoms with Crippen LogP contribution in [0.15, 0.2) is 48.5 Å². The highest BCUT2D eigenvalue weighted by molar-refractivity contribution is 7.18. The summed E-state index contributed by atoms with van der Waals surface area (Å²) in [6.07, 6.45) is 2.47. The van der Waals surface area contributed by atoms with Gasteiger partial charge in [0.2, 0.25) is 0 Å². The third-order valence-corrected chi connectivity index (χ3v) is 5.56. The molecule has 4 heteroatoms. The highest BCUT2D eigenvalue weighted by atomic mass is 32.1. The fourth-order valence-corrected chi connectivity index (χ4v) is 4.37. The van der Waals surface area contributed by atoms with Crippen molar-refractivity contribution >= 4 is 21.6 Å². The monoisotopic (exact) mass is 324 g/mol. The van der Waals surface area contributed by atoms with E-state index < -0.39 is 0 Å². The number of thiazole rings is 1. The van der Waals surface area contributed by atoms with Crippen LogP contribution in [0, 0.1) is 0 Å². The van der Waals surface area contributed by atoms with Crippen LogP contribution < -0.4 is 4.74 Å². The lowest BCUT2D eigenvalue weighted by Gasteiger charge is -2.24. The van der Waals surface area contributed by atoms with E-state index in [0.29, 0.717) is 6.04 Å². The first kappa shape index (κ1) is 14.7. The molecule has 1 aliphatic rings. The van der Waals surface area contributed by atoms with Gasteiger partial charge in [-0.1, -0.05) is 24.3 Å². The van der Waals surface area contributed by atoms with Crippen LogP contribution in [0.3, 0.4) is 0 Å². The summed E-state index contributed by atoms with van der Waals surface area (Å²) >= 11 is 1.81. The van der Waals surface area contributed by atoms with Crippen molar-refractivity contribution in [3.8, 4) is 5.75 Å². The topological polar surface area (TPSA) is 25.4 Å². The summed E-state index contributed by atoms with van der Waals surface area (Å²) in [5.41, 5.74) is 2.50. The average molecular weight is 324 g/mol. The number of methoxy groups -OCH3 is 1. The highest BCUT2D eigenvalue weighted by Gasteiger charge is 2.26. The second kappa shape index (κ2) is 6.30. The van der Waals surface area contributed by atoms with E-state index in [9.17, 15) is 0 Å². The number of rotatable bonds is 4. The van der Waals surface area contributed by atoms with Crippen molar-refractivity contribution < 1.29 is 4.74 Å². The molecule has 1 saturated heterocycles. The van der Waals surface area contributed by atoms with Crippen molar-refractivity contribution in [1.29, 1.82) is 0 Å². The molecule has 1 fully saturated rings. The number of para-hydroxylation sites is 1. The van der Waals surface area contributed by atoms with Crippen molar-refractivity contribution in [2.24, 2.45) is 0 Å². The molecule has 0 unspecified atom stereocenters. The Morgan fingerprint density at radius 3 is 2.78 bits per heavy atom. The molecule has 0 amide bonds. The fraction of sp³-hybridized carbons (Fsp3) is 0.316. The van der Waals surface area contributed by atoms with Crippen LogP contribution in [0.4, 0.5) is 0 Å². The van der Waals surface area contributed by atoms with E-state index in [0.717, 1.165) is 24.4 Å². The maximum Gasteiger partial charge on any atom is 0.118 e. The summed E-state index contributed by atoms with van der Waals surface area (Å²) in [5, 5.41) is 1.21. The largest absolute Gasteiger partial charge is 0.497 e. The van der Waals surface area contributed by atoms with Crippen LogP contribution in [0.1, 0.15) is 29.5 Å². The smallest absolute Gasteiger partial charge is 0.118 e. The van der Waals surface area contributed by atoms with Gasteiger partial charge in [-0.3, -0.25) is 4.90 Å². The second-order valence-electron chi connectivity index (χ2n) is 5.98. The molecule has 4 rings (SSSR count). The molecule has 1 atom stereocenters. The number of nitrogens with zero attached hydrogens (tertiary/aromatic N) is 2. The van der Waals surface area contributed by atoms with E-state index in [-0.39, 0.29) is 0 Å². The lowest BCUT2D eigenvalue weighted by atomic mass is 10.0. The summed E-state index contributed by atoms with van der Waals surface area (Å²) in [6.45, 7) is 2.09. The zero-order chi connectivity index (χ0) is 15.6. The van der Waals surface area contributed by atoms with Gasteiger partial charge in [0.1, 0.15) is 10.8 Å². The minimum Gasteiger partial charge on any atom is -0.497 e. The van der Waals surface area contributed by atoms with Crippen LogP contribution in [0.2, 0.25) is 0 Å². The molecule has 0 bridgehead atoms. The Morgan fingerprint density at radius 2 is 2.00 bits per heavy atom. The van der Waals surface area contributed by atoms with Crippen LogP contribution in [-0.2, 0) is 6.54 Å². The first-order valence-electron chi connectivity index (χ1n) is 8.06. The van der Waals surface area contributed by atoms with Gasteiger partial charge in [-0.05, 0) is 49.2 Å². The van der Waals surface area contributed by atoms with Gasteiger partial charge in [-0.15, -0.1) is 11.3 Å². The lowest BCUT2D eigenvalue weighted by Crippen LogP contribution is -2.22. The molecule has 0 radical (unpaired) electrons. The fourth-order valence-electron chi connectivity index (χ4n) is 3.38. The molecule has 3 aromatic rings. The molecule has 1 aliphatic heterocycles. The van der Waals surface area contributed by atoms with Gasteiger partial charge < -0.3 is 4.74 Å². The van der Waals surface area contributed by atoms with E-state index in [2.05, 4.69) is 53.4 Å². The Morgan fingerprint density at radius 1 is 1.17 bits per heavy atom. The molecule has 0 aliphatic carbocycles. The number of aromatic nitrogens is 1. The third-order valence-electron chi connectivity index (χ3n) is 4.54. The van der Waals surface area contributed by atoms with Crippen molar-refractivity contribution in [3.05, 3.63) is 59.1 Å². The molecule has 118 valence electrons. The first-order chi connectivity index (χ1) is 11.3. The first-order valence-corrected chi connectivity index (χ1v) is 8.87. The standard InChI is InChI=1S/C19H20N2OS/c1-22-15-10-8-14(9-11-15)17-6-4-12-21(17)13-19-20-16-5-2-3-7-18(16)23-19/h2-3,5,7-11,17H,4,6,12-13H2,1H3/t17-/m1/s1. The van der Waals surface area contributed by atoms with Gasteiger partial charge in [-0.25, -0.2) is 4.98 Å². The number of likely N-dealkylation sites (tertiary alicyclic amines) is 1. The van der Waals surface area contributed by atoms with Gasteiger partial charge in [-0.2, -0.15) is 0 Å². The highest BCUT2D eigenvalue weighted by Crippen LogP contribution is 2.35. The predicted octanol–water partition coefficient (Wildman–Crippen LogP) is 4.64. The summed E-state index contributed by atoms with van der Waals surface area (Å²) in [4.78, 5) is 7.34. The molecule has 0 spiro atoms. The molecular weight excluding hydrogens is 304 g/mol. The second-order valence-corrected chi connectivity index (χ2v) is 7.09. The molecule has 0 N–H and O–H groups in total. The average Bonchev–Trinajstić information content (AvgIpc) is 3.21. The molecular formula is C19H20N2OS. The quantitative estimate of drug-likeness (QED) is 0.699. The van der Waals surface area contributed by atoms with Gasteiger partial charge in [0.05, 0.1) is 23.9 Å². The zero-order valence-corrected chi connectivity index (χ0v) is 14.1. The van der Waals surface area contributed by atoms with Gasteiger partial charge >= 0.3 is 0 Å². The normalized spacial score (nSPS) is 18.6. The van der Waals surface area contributed by atoms with Crippen molar-refractivity contribution in [2.75, 3.05) is 13.7 Å². The van der Waals surface area contributed by atoms with E-state index in [1.165, 1.54) is 28.1 Å². The van der Waals surface area contributed by atoms with Crippen LogP contribution in [0.25, 0.3) is 10.2 Å². The van der Waals surface area contributed by atoms with E-state index in [1.807, 2.05) is 11.3 Å². The zero-order valence-electron chi connectivity index (χ0n) is 13.2. The molecule has 3 nitrogen and oxygen atoms in total. The maximum atomic E-state index is 5.27. The maximum absolute atomic E-state index is 5.27. The van der Waals surface area contributed by atoms with Crippen LogP contribution in [-0.4, -0.2) is 23.5 Å². The van der Waals surface area contributed by atoms with Crippen molar-refractivity contribution in [2.45, 2.75) is 25.4 Å². The van der Waals surface area contributed by atoms with Crippen LogP contribution in [0.5, 0.6) is 5.75 Å². The van der Waals surface area contributed by atoms with Gasteiger partial charge in [0, 0.05) is 6.04 Å². The Kier molecular flexibility index (Phi) is 4.02. The molecule has 0 saturated carbocycles. The Hall–Kier alpha value is -1.91. The lowest BCUT2D eigenvalue weighted by molar-refractivity contribution is 0.248. The van der Waals surface area contributed by atoms with Gasteiger partial charge in [0.15, 0.2) is 0 Å². The molecule has 1 aromatic heterocycles. The van der Waals surface area contributed by atoms with Crippen molar-refractivity contribution in [3.63, 3.8) is 0 Å². The van der Waals surface area contributed by atoms with E-state index in [1.54, 1.807) is 7.11 Å². The Bertz CT molecular complexity index is 763. The van der Waals surface area contributed by atoms with Gasteiger partial charge in [0.25, 0.3) is 0 Å². The van der Waals surface area contributed by atoms with E-state index in [4.69, 9.17) is 9.72 Å². The number of ether oxygens (including phenoxy) is 1. The van der Waals surface area contributed by atoms with Crippen LogP contribution >= 0.6 is 11.3 Å². The Balaban J connectivity index is 1.54. The molecule has 2 aromatic carbocycles. The molecule has 2 heterocycles. The SMILES string of the molecule is COc1ccc([C@H]2CCCN2Cc2nc3ccccc3s2)cc1. The summed E-state index contributed by atoms with van der Waals surface area (Å²) in [6, 6.07) is 17.4. The number of hydrogen-bond donors (Lipinski definition) is 0.